The molecule has 26 heavy (non-hydrogen) atoms. The third kappa shape index (κ3) is 3.72. The van der Waals surface area contributed by atoms with E-state index in [0.717, 1.165) is 10.2 Å². The molecule has 0 saturated carbocycles. The van der Waals surface area contributed by atoms with Crippen molar-refractivity contribution in [2.45, 2.75) is 13.0 Å². The Kier molecular flexibility index (Phi) is 4.99. The molecule has 3 amide bonds. The Balaban J connectivity index is 1.69. The molecule has 2 heterocycles. The first-order valence-electron chi connectivity index (χ1n) is 7.67. The average Bonchev–Trinajstić information content (AvgIpc) is 3.27. The predicted molar refractivity (Wildman–Crippen MR) is 94.8 cm³/mol. The summed E-state index contributed by atoms with van der Waals surface area (Å²) in [6.07, 6.45) is -1.16. The van der Waals surface area contributed by atoms with Gasteiger partial charge in [-0.2, -0.15) is 0 Å². The van der Waals surface area contributed by atoms with E-state index in [9.17, 15) is 14.4 Å². The molecule has 8 nitrogen and oxygen atoms in total. The number of urea groups is 1. The lowest BCUT2D eigenvalue weighted by molar-refractivity contribution is -0.128. The van der Waals surface area contributed by atoms with Crippen molar-refractivity contribution in [2.75, 3.05) is 7.05 Å². The van der Waals surface area contributed by atoms with Gasteiger partial charge in [0.05, 0.1) is 10.2 Å². The van der Waals surface area contributed by atoms with E-state index in [2.05, 4.69) is 10.3 Å². The molecule has 0 fully saturated rings. The van der Waals surface area contributed by atoms with Crippen molar-refractivity contribution in [3.8, 4) is 10.8 Å². The van der Waals surface area contributed by atoms with Gasteiger partial charge in [-0.25, -0.2) is 14.6 Å². The number of fused-ring (bicyclic) bond motifs is 1. The maximum absolute atomic E-state index is 12.1. The number of thiazole rings is 1. The summed E-state index contributed by atoms with van der Waals surface area (Å²) in [4.78, 5) is 39.4. The van der Waals surface area contributed by atoms with Crippen LogP contribution in [0.3, 0.4) is 0 Å². The summed E-state index contributed by atoms with van der Waals surface area (Å²) < 4.78 is 11.5. The molecule has 1 aromatic carbocycles. The number of nitrogens with one attached hydrogen (secondary N) is 2. The highest BCUT2D eigenvalue weighted by molar-refractivity contribution is 7.21. The number of hydrogen-bond donors (Lipinski definition) is 2. The number of rotatable bonds is 4. The normalized spacial score (nSPS) is 11.8. The fourth-order valence-corrected chi connectivity index (χ4v) is 3.02. The molecule has 0 aliphatic carbocycles. The third-order valence-electron chi connectivity index (χ3n) is 3.43. The summed E-state index contributed by atoms with van der Waals surface area (Å²) >= 11 is 1.44. The molecule has 134 valence electrons. The smallest absolute Gasteiger partial charge is 0.375 e. The van der Waals surface area contributed by atoms with E-state index in [0.29, 0.717) is 10.8 Å². The molecule has 3 aromatic rings. The van der Waals surface area contributed by atoms with Gasteiger partial charge in [0.25, 0.3) is 5.91 Å². The Morgan fingerprint density at radius 2 is 1.96 bits per heavy atom. The van der Waals surface area contributed by atoms with Crippen LogP contribution in [0.15, 0.2) is 40.8 Å². The van der Waals surface area contributed by atoms with Crippen LogP contribution in [-0.2, 0) is 9.53 Å². The fourth-order valence-electron chi connectivity index (χ4n) is 2.09. The summed E-state index contributed by atoms with van der Waals surface area (Å²) in [5, 5.41) is 4.89. The van der Waals surface area contributed by atoms with Crippen LogP contribution in [0.5, 0.6) is 0 Å². The quantitative estimate of drug-likeness (QED) is 0.680. The minimum atomic E-state index is -1.16. The zero-order chi connectivity index (χ0) is 18.7. The lowest BCUT2D eigenvalue weighted by Gasteiger charge is -2.11. The molecule has 2 N–H and O–H groups in total. The first-order valence-corrected chi connectivity index (χ1v) is 8.49. The van der Waals surface area contributed by atoms with E-state index >= 15 is 0 Å². The molecule has 0 bridgehead atoms. The molecule has 0 unspecified atom stereocenters. The number of aromatic nitrogens is 1. The molecule has 0 aliphatic heterocycles. The Morgan fingerprint density at radius 1 is 1.19 bits per heavy atom. The maximum atomic E-state index is 12.1. The van der Waals surface area contributed by atoms with E-state index < -0.39 is 24.0 Å². The number of furan rings is 1. The minimum Gasteiger partial charge on any atom is -0.447 e. The summed E-state index contributed by atoms with van der Waals surface area (Å²) in [5.74, 6) is -1.17. The van der Waals surface area contributed by atoms with Gasteiger partial charge >= 0.3 is 12.0 Å². The van der Waals surface area contributed by atoms with Crippen LogP contribution in [0.4, 0.5) is 4.79 Å². The molecule has 3 rings (SSSR count). The van der Waals surface area contributed by atoms with Gasteiger partial charge in [-0.1, -0.05) is 12.1 Å². The van der Waals surface area contributed by atoms with Crippen molar-refractivity contribution in [3.05, 3.63) is 42.2 Å². The number of hydrogen-bond acceptors (Lipinski definition) is 7. The van der Waals surface area contributed by atoms with Gasteiger partial charge in [0.2, 0.25) is 5.76 Å². The number of imide groups is 1. The average molecular weight is 373 g/mol. The second-order valence-corrected chi connectivity index (χ2v) is 6.30. The van der Waals surface area contributed by atoms with Gasteiger partial charge in [0.15, 0.2) is 16.9 Å². The molecule has 1 atom stereocenters. The number of esters is 1. The van der Waals surface area contributed by atoms with Crippen LogP contribution in [0.2, 0.25) is 0 Å². The summed E-state index contributed by atoms with van der Waals surface area (Å²) in [6.45, 7) is 1.35. The van der Waals surface area contributed by atoms with Gasteiger partial charge in [-0.15, -0.1) is 11.3 Å². The number of nitrogens with zero attached hydrogens (tertiary/aromatic N) is 1. The second-order valence-electron chi connectivity index (χ2n) is 5.27. The highest BCUT2D eigenvalue weighted by atomic mass is 32.1. The van der Waals surface area contributed by atoms with Crippen molar-refractivity contribution in [3.63, 3.8) is 0 Å². The predicted octanol–water partition coefficient (Wildman–Crippen LogP) is 2.56. The first kappa shape index (κ1) is 17.6. The molecular weight excluding hydrogens is 358 g/mol. The van der Waals surface area contributed by atoms with E-state index in [1.807, 2.05) is 29.6 Å². The van der Waals surface area contributed by atoms with Crippen LogP contribution in [0.1, 0.15) is 17.5 Å². The summed E-state index contributed by atoms with van der Waals surface area (Å²) in [7, 11) is 1.37. The number of benzene rings is 1. The monoisotopic (exact) mass is 373 g/mol. The van der Waals surface area contributed by atoms with Crippen molar-refractivity contribution < 1.29 is 23.5 Å². The Morgan fingerprint density at radius 3 is 2.69 bits per heavy atom. The topological polar surface area (TPSA) is 111 Å². The number of para-hydroxylation sites is 1. The number of ether oxygens (including phenoxy) is 1. The van der Waals surface area contributed by atoms with Crippen LogP contribution < -0.4 is 10.6 Å². The zero-order valence-corrected chi connectivity index (χ0v) is 14.8. The number of amides is 3. The van der Waals surface area contributed by atoms with E-state index in [1.165, 1.54) is 31.4 Å². The standard InChI is InChI=1S/C17H15N3O5S/c1-9(14(21)20-17(23)18-2)24-16(22)12-8-7-11(25-12)15-19-10-5-3-4-6-13(10)26-15/h3-9H,1-2H3,(H2,18,20,21,23)/t9-/m1/s1. The van der Waals surface area contributed by atoms with Gasteiger partial charge in [0.1, 0.15) is 0 Å². The highest BCUT2D eigenvalue weighted by Crippen LogP contribution is 2.31. The number of carbonyl (C=O) groups is 3. The van der Waals surface area contributed by atoms with E-state index in [-0.39, 0.29) is 5.76 Å². The van der Waals surface area contributed by atoms with E-state index in [4.69, 9.17) is 9.15 Å². The van der Waals surface area contributed by atoms with Gasteiger partial charge in [0, 0.05) is 7.05 Å². The fraction of sp³-hybridized carbons (Fsp3) is 0.176. The first-order chi connectivity index (χ1) is 12.5. The summed E-state index contributed by atoms with van der Waals surface area (Å²) in [6, 6.07) is 10.0. The van der Waals surface area contributed by atoms with Crippen molar-refractivity contribution in [1.29, 1.82) is 0 Å². The Hall–Kier alpha value is -3.20. The molecule has 0 radical (unpaired) electrons. The molecule has 0 aliphatic rings. The lowest BCUT2D eigenvalue weighted by Crippen LogP contribution is -2.43. The molecule has 0 spiro atoms. The molecular formula is C17H15N3O5S. The summed E-state index contributed by atoms with van der Waals surface area (Å²) in [5.41, 5.74) is 0.840. The SMILES string of the molecule is CNC(=O)NC(=O)[C@@H](C)OC(=O)c1ccc(-c2nc3ccccc3s2)o1. The van der Waals surface area contributed by atoms with Gasteiger partial charge in [-0.3, -0.25) is 10.1 Å². The lowest BCUT2D eigenvalue weighted by atomic mass is 10.3. The largest absolute Gasteiger partial charge is 0.447 e. The number of carbonyl (C=O) groups excluding carboxylic acids is 3. The second kappa shape index (κ2) is 7.36. The Bertz CT molecular complexity index is 945. The van der Waals surface area contributed by atoms with E-state index in [1.54, 1.807) is 6.07 Å². The highest BCUT2D eigenvalue weighted by Gasteiger charge is 2.23. The van der Waals surface area contributed by atoms with Crippen LogP contribution >= 0.6 is 11.3 Å². The Labute approximate surface area is 152 Å². The van der Waals surface area contributed by atoms with Crippen LogP contribution in [0, 0.1) is 0 Å². The molecule has 2 aromatic heterocycles. The maximum Gasteiger partial charge on any atom is 0.375 e. The third-order valence-corrected chi connectivity index (χ3v) is 4.48. The van der Waals surface area contributed by atoms with Gasteiger partial charge in [-0.05, 0) is 31.2 Å². The van der Waals surface area contributed by atoms with Gasteiger partial charge < -0.3 is 14.5 Å². The molecule has 9 heteroatoms. The minimum absolute atomic E-state index is 0.0566. The van der Waals surface area contributed by atoms with Crippen molar-refractivity contribution >= 4 is 39.5 Å². The van der Waals surface area contributed by atoms with Crippen molar-refractivity contribution in [2.24, 2.45) is 0 Å². The van der Waals surface area contributed by atoms with Crippen LogP contribution in [0.25, 0.3) is 21.0 Å². The van der Waals surface area contributed by atoms with Crippen LogP contribution in [-0.4, -0.2) is 36.0 Å². The zero-order valence-electron chi connectivity index (χ0n) is 13.9. The van der Waals surface area contributed by atoms with Crippen molar-refractivity contribution in [1.82, 2.24) is 15.6 Å². The molecule has 0 saturated heterocycles.